The van der Waals surface area contributed by atoms with Crippen molar-refractivity contribution < 1.29 is 14.3 Å². The summed E-state index contributed by atoms with van der Waals surface area (Å²) in [6.45, 7) is 1.17. The van der Waals surface area contributed by atoms with Gasteiger partial charge in [0.05, 0.1) is 5.52 Å². The molecular formula is C12H8BrNO3. The summed E-state index contributed by atoms with van der Waals surface area (Å²) in [5.41, 5.74) is 0.780. The Labute approximate surface area is 106 Å². The molecule has 0 aliphatic rings. The van der Waals surface area contributed by atoms with Gasteiger partial charge in [-0.15, -0.1) is 0 Å². The van der Waals surface area contributed by atoms with Gasteiger partial charge in [-0.2, -0.15) is 0 Å². The van der Waals surface area contributed by atoms with Crippen LogP contribution in [0, 0.1) is 0 Å². The van der Waals surface area contributed by atoms with E-state index in [1.54, 1.807) is 30.5 Å². The Balaban J connectivity index is 2.41. The second-order valence-corrected chi connectivity index (χ2v) is 4.27. The lowest BCUT2D eigenvalue weighted by molar-refractivity contribution is -0.146. The average molecular weight is 294 g/mol. The standard InChI is InChI=1S/C12H8BrNO3/c1-7(15)12(16)17-8-2-3-11-9(6-8)10(13)4-5-14-11/h2-6H,1H3. The molecule has 1 aromatic heterocycles. The van der Waals surface area contributed by atoms with Crippen LogP contribution in [0.25, 0.3) is 10.9 Å². The number of aromatic nitrogens is 1. The predicted molar refractivity (Wildman–Crippen MR) is 65.8 cm³/mol. The van der Waals surface area contributed by atoms with Crippen molar-refractivity contribution in [1.82, 2.24) is 4.98 Å². The van der Waals surface area contributed by atoms with Crippen LogP contribution in [0.2, 0.25) is 0 Å². The summed E-state index contributed by atoms with van der Waals surface area (Å²) < 4.78 is 5.75. The Morgan fingerprint density at radius 1 is 1.29 bits per heavy atom. The summed E-state index contributed by atoms with van der Waals surface area (Å²) in [4.78, 5) is 26.1. The Morgan fingerprint density at radius 2 is 2.06 bits per heavy atom. The first-order valence-electron chi connectivity index (χ1n) is 4.85. The van der Waals surface area contributed by atoms with E-state index in [0.717, 1.165) is 15.4 Å². The lowest BCUT2D eigenvalue weighted by Crippen LogP contribution is -2.16. The van der Waals surface area contributed by atoms with Crippen molar-refractivity contribution in [2.75, 3.05) is 0 Å². The number of ketones is 1. The number of ether oxygens (including phenoxy) is 1. The zero-order valence-corrected chi connectivity index (χ0v) is 10.5. The number of Topliss-reactive ketones (excluding diaryl/α,β-unsaturated/α-hetero) is 1. The van der Waals surface area contributed by atoms with Crippen molar-refractivity contribution in [3.8, 4) is 5.75 Å². The maximum Gasteiger partial charge on any atom is 0.379 e. The Bertz CT molecular complexity index is 610. The van der Waals surface area contributed by atoms with Gasteiger partial charge in [0.1, 0.15) is 5.75 Å². The molecule has 1 heterocycles. The summed E-state index contributed by atoms with van der Waals surface area (Å²) in [5, 5.41) is 0.821. The van der Waals surface area contributed by atoms with Crippen LogP contribution in [-0.4, -0.2) is 16.7 Å². The summed E-state index contributed by atoms with van der Waals surface area (Å²) >= 11 is 3.38. The molecule has 0 saturated carbocycles. The first-order valence-corrected chi connectivity index (χ1v) is 5.64. The molecular weight excluding hydrogens is 286 g/mol. The lowest BCUT2D eigenvalue weighted by atomic mass is 10.2. The first kappa shape index (κ1) is 11.7. The SMILES string of the molecule is CC(=O)C(=O)Oc1ccc2nccc(Br)c2c1. The molecule has 0 radical (unpaired) electrons. The summed E-state index contributed by atoms with van der Waals surface area (Å²) in [6.07, 6.45) is 1.67. The third kappa shape index (κ3) is 2.50. The highest BCUT2D eigenvalue weighted by atomic mass is 79.9. The Kier molecular flexibility index (Phi) is 3.19. The van der Waals surface area contributed by atoms with Crippen LogP contribution >= 0.6 is 15.9 Å². The zero-order valence-electron chi connectivity index (χ0n) is 8.94. The molecule has 0 N–H and O–H groups in total. The van der Waals surface area contributed by atoms with Gasteiger partial charge in [0, 0.05) is 23.0 Å². The van der Waals surface area contributed by atoms with Gasteiger partial charge in [-0.05, 0) is 24.3 Å². The van der Waals surface area contributed by atoms with Crippen LogP contribution in [0.3, 0.4) is 0 Å². The monoisotopic (exact) mass is 293 g/mol. The normalized spacial score (nSPS) is 10.2. The average Bonchev–Trinajstić information content (AvgIpc) is 2.30. The molecule has 0 atom stereocenters. The van der Waals surface area contributed by atoms with Crippen molar-refractivity contribution in [2.24, 2.45) is 0 Å². The molecule has 0 bridgehead atoms. The fourth-order valence-electron chi connectivity index (χ4n) is 1.33. The number of esters is 1. The van der Waals surface area contributed by atoms with Crippen LogP contribution in [0.5, 0.6) is 5.75 Å². The third-order valence-corrected chi connectivity index (χ3v) is 2.85. The van der Waals surface area contributed by atoms with Gasteiger partial charge in [-0.25, -0.2) is 4.79 Å². The van der Waals surface area contributed by atoms with Gasteiger partial charge in [-0.3, -0.25) is 9.78 Å². The fourth-order valence-corrected chi connectivity index (χ4v) is 1.77. The van der Waals surface area contributed by atoms with Crippen LogP contribution < -0.4 is 4.74 Å². The van der Waals surface area contributed by atoms with Gasteiger partial charge in [0.15, 0.2) is 0 Å². The molecule has 1 aromatic carbocycles. The molecule has 0 aliphatic carbocycles. The molecule has 0 unspecified atom stereocenters. The van der Waals surface area contributed by atoms with Gasteiger partial charge >= 0.3 is 5.97 Å². The van der Waals surface area contributed by atoms with E-state index in [2.05, 4.69) is 20.9 Å². The zero-order chi connectivity index (χ0) is 12.4. The van der Waals surface area contributed by atoms with E-state index in [1.165, 1.54) is 6.92 Å². The van der Waals surface area contributed by atoms with E-state index < -0.39 is 11.8 Å². The molecule has 2 rings (SSSR count). The molecule has 5 heteroatoms. The third-order valence-electron chi connectivity index (χ3n) is 2.16. The highest BCUT2D eigenvalue weighted by Crippen LogP contribution is 2.26. The molecule has 0 aliphatic heterocycles. The van der Waals surface area contributed by atoms with E-state index in [1.807, 2.05) is 0 Å². The minimum atomic E-state index is -0.871. The highest BCUT2D eigenvalue weighted by Gasteiger charge is 2.11. The molecule has 0 fully saturated rings. The number of hydrogen-bond acceptors (Lipinski definition) is 4. The highest BCUT2D eigenvalue weighted by molar-refractivity contribution is 9.10. The van der Waals surface area contributed by atoms with Gasteiger partial charge in [0.2, 0.25) is 5.78 Å². The fraction of sp³-hybridized carbons (Fsp3) is 0.0833. The van der Waals surface area contributed by atoms with Gasteiger partial charge in [0.25, 0.3) is 0 Å². The van der Waals surface area contributed by atoms with Crippen LogP contribution in [0.15, 0.2) is 34.9 Å². The Hall–Kier alpha value is -1.75. The molecule has 17 heavy (non-hydrogen) atoms. The summed E-state index contributed by atoms with van der Waals surface area (Å²) in [7, 11) is 0. The predicted octanol–water partition coefficient (Wildman–Crippen LogP) is 2.49. The van der Waals surface area contributed by atoms with Gasteiger partial charge < -0.3 is 4.74 Å². The maximum absolute atomic E-state index is 11.1. The molecule has 4 nitrogen and oxygen atoms in total. The topological polar surface area (TPSA) is 56.3 Å². The molecule has 0 amide bonds. The van der Waals surface area contributed by atoms with Crippen molar-refractivity contribution in [3.63, 3.8) is 0 Å². The largest absolute Gasteiger partial charge is 0.421 e. The second-order valence-electron chi connectivity index (χ2n) is 3.42. The van der Waals surface area contributed by atoms with Crippen LogP contribution in [-0.2, 0) is 9.59 Å². The molecule has 0 saturated heterocycles. The molecule has 0 spiro atoms. The van der Waals surface area contributed by atoms with Crippen molar-refractivity contribution >= 4 is 38.6 Å². The summed E-state index contributed by atoms with van der Waals surface area (Å²) in [6, 6.07) is 6.78. The number of fused-ring (bicyclic) bond motifs is 1. The summed E-state index contributed by atoms with van der Waals surface area (Å²) in [5.74, 6) is -1.17. The van der Waals surface area contributed by atoms with E-state index in [9.17, 15) is 9.59 Å². The van der Waals surface area contributed by atoms with E-state index in [4.69, 9.17) is 4.74 Å². The smallest absolute Gasteiger partial charge is 0.379 e. The Morgan fingerprint density at radius 3 is 2.76 bits per heavy atom. The molecule has 2 aromatic rings. The minimum absolute atomic E-state index is 0.325. The maximum atomic E-state index is 11.1. The van der Waals surface area contributed by atoms with E-state index in [0.29, 0.717) is 5.75 Å². The second kappa shape index (κ2) is 4.63. The molecule has 86 valence electrons. The van der Waals surface area contributed by atoms with Gasteiger partial charge in [-0.1, -0.05) is 15.9 Å². The van der Waals surface area contributed by atoms with Crippen molar-refractivity contribution in [2.45, 2.75) is 6.92 Å². The van der Waals surface area contributed by atoms with E-state index in [-0.39, 0.29) is 0 Å². The van der Waals surface area contributed by atoms with Crippen LogP contribution in [0.4, 0.5) is 0 Å². The number of pyridine rings is 1. The first-order chi connectivity index (χ1) is 8.08. The number of nitrogens with zero attached hydrogens (tertiary/aromatic N) is 1. The van der Waals surface area contributed by atoms with E-state index >= 15 is 0 Å². The number of benzene rings is 1. The minimum Gasteiger partial charge on any atom is -0.421 e. The number of carbonyl (C=O) groups excluding carboxylic acids is 2. The quantitative estimate of drug-likeness (QED) is 0.485. The van der Waals surface area contributed by atoms with Crippen molar-refractivity contribution in [1.29, 1.82) is 0 Å². The van der Waals surface area contributed by atoms with Crippen LogP contribution in [0.1, 0.15) is 6.92 Å². The number of halogens is 1. The number of rotatable bonds is 2. The number of carbonyl (C=O) groups is 2. The van der Waals surface area contributed by atoms with Crippen molar-refractivity contribution in [3.05, 3.63) is 34.9 Å². The number of hydrogen-bond donors (Lipinski definition) is 0. The lowest BCUT2D eigenvalue weighted by Gasteiger charge is -2.04.